The SMILES string of the molecule is N[C@@H](CC(=O)[O-])C(=O)O.N[C@@H](Cc1c[n-]cn1)C(=O)O.N[C@@H](Cc1c[n-]cn1)C(=O)O.N[C@@H](Cc1c[n-]cn1)C(=O)O.O.[H+].[H+].[Mn+2]. The molecule has 3 aromatic heterocycles. The molecule has 1 radical (unpaired) electrons. The van der Waals surface area contributed by atoms with Crippen molar-refractivity contribution in [2.75, 3.05) is 0 Å². The number of imidazole rings is 3. The maximum atomic E-state index is 10.3. The molecule has 245 valence electrons. The zero-order valence-corrected chi connectivity index (χ0v) is 23.9. The van der Waals surface area contributed by atoms with Gasteiger partial charge in [0.1, 0.15) is 24.2 Å². The minimum Gasteiger partial charge on any atom is -0.550 e. The average Bonchev–Trinajstić information content (AvgIpc) is 3.69. The summed E-state index contributed by atoms with van der Waals surface area (Å²) in [6.07, 6.45) is 8.65. The quantitative estimate of drug-likeness (QED) is 0.0831. The van der Waals surface area contributed by atoms with Gasteiger partial charge in [-0.2, -0.15) is 0 Å². The topological polar surface area (TPSA) is 406 Å². The number of carbonyl (C=O) groups is 5. The Bertz CT molecular complexity index is 1100. The number of carboxylic acid groups (broad SMARTS) is 5. The van der Waals surface area contributed by atoms with Crippen molar-refractivity contribution in [3.63, 3.8) is 0 Å². The number of aromatic nitrogens is 6. The summed E-state index contributed by atoms with van der Waals surface area (Å²) in [5, 5.41) is 42.9. The fraction of sp³-hybridized carbons (Fsp3) is 0.364. The van der Waals surface area contributed by atoms with Crippen LogP contribution in [0, 0.1) is 0 Å². The van der Waals surface area contributed by atoms with Crippen LogP contribution in [0.25, 0.3) is 0 Å². The predicted octanol–water partition coefficient (Wildman–Crippen LogP) is -6.08. The molecule has 0 aliphatic heterocycles. The predicted molar refractivity (Wildman–Crippen MR) is 142 cm³/mol. The molecule has 14 N–H and O–H groups in total. The molecule has 0 spiro atoms. The van der Waals surface area contributed by atoms with E-state index in [4.69, 9.17) is 43.4 Å². The van der Waals surface area contributed by atoms with E-state index >= 15 is 0 Å². The maximum absolute atomic E-state index is 10.3. The third-order valence-corrected chi connectivity index (χ3v) is 4.48. The van der Waals surface area contributed by atoms with E-state index in [0.717, 1.165) is 0 Å². The molecule has 4 atom stereocenters. The Balaban J connectivity index is -0.000000158. The molecule has 0 aromatic carbocycles. The van der Waals surface area contributed by atoms with Crippen molar-refractivity contribution in [2.45, 2.75) is 49.9 Å². The number of carboxylic acids is 5. The van der Waals surface area contributed by atoms with Crippen LogP contribution in [0.2, 0.25) is 0 Å². The summed E-state index contributed by atoms with van der Waals surface area (Å²) in [6.45, 7) is 0. The largest absolute Gasteiger partial charge is 2.00 e. The minimum absolute atomic E-state index is 0. The second kappa shape index (κ2) is 23.8. The number of hydrogen-bond acceptors (Lipinski definition) is 13. The molecule has 0 unspecified atom stereocenters. The number of carbonyl (C=O) groups excluding carboxylic acids is 1. The van der Waals surface area contributed by atoms with Gasteiger partial charge in [-0.1, -0.05) is 54.7 Å². The van der Waals surface area contributed by atoms with Gasteiger partial charge in [0.05, 0.1) is 0 Å². The molecule has 21 nitrogen and oxygen atoms in total. The first-order valence-corrected chi connectivity index (χ1v) is 11.5. The van der Waals surface area contributed by atoms with E-state index in [1.165, 1.54) is 37.6 Å². The Labute approximate surface area is 262 Å². The number of nitrogens with zero attached hydrogens (tertiary/aromatic N) is 6. The molecule has 0 amide bonds. The maximum Gasteiger partial charge on any atom is 2.00 e. The molecular weight excluding hydrogens is 635 g/mol. The van der Waals surface area contributed by atoms with Crippen molar-refractivity contribution in [1.82, 2.24) is 29.9 Å². The molecule has 44 heavy (non-hydrogen) atoms. The van der Waals surface area contributed by atoms with Crippen LogP contribution in [0.4, 0.5) is 0 Å². The second-order valence-corrected chi connectivity index (χ2v) is 8.01. The van der Waals surface area contributed by atoms with E-state index in [1.807, 2.05) is 0 Å². The fourth-order valence-corrected chi connectivity index (χ4v) is 2.30. The number of aliphatic carboxylic acids is 5. The van der Waals surface area contributed by atoms with Gasteiger partial charge in [-0.3, -0.25) is 19.2 Å². The van der Waals surface area contributed by atoms with Crippen LogP contribution in [0.1, 0.15) is 26.4 Å². The molecule has 0 saturated carbocycles. The van der Waals surface area contributed by atoms with Gasteiger partial charge >= 0.3 is 43.8 Å². The van der Waals surface area contributed by atoms with Gasteiger partial charge in [0.15, 0.2) is 0 Å². The van der Waals surface area contributed by atoms with E-state index in [1.54, 1.807) is 0 Å². The van der Waals surface area contributed by atoms with Crippen LogP contribution >= 0.6 is 0 Å². The molecule has 0 bridgehead atoms. The molecule has 22 heteroatoms. The second-order valence-electron chi connectivity index (χ2n) is 8.01. The van der Waals surface area contributed by atoms with Gasteiger partial charge in [-0.15, -0.1) is 0 Å². The molecule has 0 fully saturated rings. The fourth-order valence-electron chi connectivity index (χ4n) is 2.30. The molecule has 0 aliphatic carbocycles. The van der Waals surface area contributed by atoms with Crippen LogP contribution in [0.3, 0.4) is 0 Å². The van der Waals surface area contributed by atoms with E-state index < -0.39 is 60.4 Å². The Hall–Kier alpha value is -4.70. The summed E-state index contributed by atoms with van der Waals surface area (Å²) in [6, 6.07) is -4.00. The van der Waals surface area contributed by atoms with Crippen molar-refractivity contribution in [3.8, 4) is 0 Å². The number of nitrogens with two attached hydrogens (primary N) is 4. The van der Waals surface area contributed by atoms with Crippen molar-refractivity contribution < 1.29 is 74.9 Å². The molecule has 3 rings (SSSR count). The monoisotopic (exact) mass is 669 g/mol. The van der Waals surface area contributed by atoms with Gasteiger partial charge in [0.25, 0.3) is 0 Å². The number of rotatable bonds is 12. The van der Waals surface area contributed by atoms with Gasteiger partial charge in [0.2, 0.25) is 0 Å². The summed E-state index contributed by atoms with van der Waals surface area (Å²) < 4.78 is 0. The van der Waals surface area contributed by atoms with Crippen LogP contribution in [-0.2, 0) is 60.3 Å². The normalized spacial score (nSPS) is 12.2. The van der Waals surface area contributed by atoms with Crippen LogP contribution in [0.5, 0.6) is 0 Å². The average molecular weight is 670 g/mol. The summed E-state index contributed by atoms with van der Waals surface area (Å²) >= 11 is 0. The first kappa shape index (κ1) is 43.7. The van der Waals surface area contributed by atoms with Gasteiger partial charge in [-0.05, 0) is 19.3 Å². The summed E-state index contributed by atoms with van der Waals surface area (Å²) in [4.78, 5) is 72.6. The van der Waals surface area contributed by atoms with E-state index in [9.17, 15) is 29.1 Å². The van der Waals surface area contributed by atoms with Crippen molar-refractivity contribution in [1.29, 1.82) is 0 Å². The standard InChI is InChI=1S/3C6H9N3O2.C4H7NO4.Mn.H2O/c3*7-5(6(10)11)1-4-2-8-3-9-4;5-2(4(8)9)1-3(6)7;;/h3*2-3,5H,1,7H2,(H2,8,9,10,11);2H,1,5H2,(H,6,7)(H,8,9);;1H2/q;;;;+2;/p-2/t3*5-;2-;;/m0000../s1. The Morgan fingerprint density at radius 3 is 1.02 bits per heavy atom. The minimum atomic E-state index is -1.45. The number of hydrogen-bond donors (Lipinski definition) is 8. The smallest absolute Gasteiger partial charge is 0.550 e. The molecule has 0 aliphatic rings. The van der Waals surface area contributed by atoms with Gasteiger partial charge in [0, 0.05) is 12.4 Å². The molecular formula is C22H34MnN10O11. The molecule has 3 heterocycles. The molecule has 0 saturated heterocycles. The van der Waals surface area contributed by atoms with Crippen LogP contribution in [-0.4, -0.2) is 94.9 Å². The third-order valence-electron chi connectivity index (χ3n) is 4.48. The van der Waals surface area contributed by atoms with E-state index in [2.05, 4.69) is 29.9 Å². The van der Waals surface area contributed by atoms with E-state index in [0.29, 0.717) is 17.1 Å². The van der Waals surface area contributed by atoms with Gasteiger partial charge in [-0.25, -0.2) is 0 Å². The third kappa shape index (κ3) is 21.1. The zero-order valence-electron chi connectivity index (χ0n) is 24.7. The Morgan fingerprint density at radius 2 is 0.886 bits per heavy atom. The van der Waals surface area contributed by atoms with Crippen LogP contribution in [0.15, 0.2) is 37.6 Å². The first-order valence-electron chi connectivity index (χ1n) is 11.5. The zero-order chi connectivity index (χ0) is 32.2. The van der Waals surface area contributed by atoms with E-state index in [-0.39, 0.29) is 44.7 Å². The summed E-state index contributed by atoms with van der Waals surface area (Å²) in [7, 11) is 0. The first-order chi connectivity index (χ1) is 19.6. The summed E-state index contributed by atoms with van der Waals surface area (Å²) in [5.74, 6) is -5.85. The van der Waals surface area contributed by atoms with Crippen molar-refractivity contribution >= 4 is 29.8 Å². The van der Waals surface area contributed by atoms with Gasteiger partial charge < -0.3 is 88.6 Å². The Kier molecular flexibility index (Phi) is 23.7. The van der Waals surface area contributed by atoms with Crippen LogP contribution < -0.4 is 43.0 Å². The van der Waals surface area contributed by atoms with Crippen molar-refractivity contribution in [3.05, 3.63) is 54.7 Å². The van der Waals surface area contributed by atoms with Crippen molar-refractivity contribution in [2.24, 2.45) is 22.9 Å². The Morgan fingerprint density at radius 1 is 0.636 bits per heavy atom. The summed E-state index contributed by atoms with van der Waals surface area (Å²) in [5.41, 5.74) is 22.4. The molecule has 3 aromatic rings.